The third-order valence-corrected chi connectivity index (χ3v) is 2.76. The zero-order chi connectivity index (χ0) is 10.7. The summed E-state index contributed by atoms with van der Waals surface area (Å²) in [5.74, 6) is -0.416. The molecule has 1 atom stereocenters. The molecule has 0 aromatic carbocycles. The first-order valence-electron chi connectivity index (χ1n) is 5.23. The van der Waals surface area contributed by atoms with Gasteiger partial charge >= 0.3 is 5.97 Å². The quantitative estimate of drug-likeness (QED) is 0.822. The van der Waals surface area contributed by atoms with Gasteiger partial charge in [-0.3, -0.25) is 0 Å². The second-order valence-electron chi connectivity index (χ2n) is 3.93. The van der Waals surface area contributed by atoms with Crippen LogP contribution in [0, 0.1) is 5.92 Å². The molecule has 0 aliphatic carbocycles. The van der Waals surface area contributed by atoms with Gasteiger partial charge < -0.3 is 14.4 Å². The largest absolute Gasteiger partial charge is 0.477 e. The zero-order valence-electron chi connectivity index (χ0n) is 8.56. The SMILES string of the molecule is O=C(O)c1cccn1CC1CCCOC1. The number of carboxylic acid groups (broad SMARTS) is 1. The molecular formula is C11H15NO3. The van der Waals surface area contributed by atoms with Gasteiger partial charge in [0, 0.05) is 25.3 Å². The van der Waals surface area contributed by atoms with Gasteiger partial charge in [-0.25, -0.2) is 4.79 Å². The van der Waals surface area contributed by atoms with Crippen LogP contribution in [-0.4, -0.2) is 28.9 Å². The van der Waals surface area contributed by atoms with Crippen molar-refractivity contribution in [3.63, 3.8) is 0 Å². The topological polar surface area (TPSA) is 51.5 Å². The summed E-state index contributed by atoms with van der Waals surface area (Å²) >= 11 is 0. The summed E-state index contributed by atoms with van der Waals surface area (Å²) in [7, 11) is 0. The number of carboxylic acids is 1. The molecule has 0 bridgehead atoms. The van der Waals surface area contributed by atoms with Crippen LogP contribution < -0.4 is 0 Å². The van der Waals surface area contributed by atoms with Gasteiger partial charge in [0.1, 0.15) is 5.69 Å². The van der Waals surface area contributed by atoms with E-state index in [0.717, 1.165) is 32.6 Å². The first kappa shape index (κ1) is 10.2. The smallest absolute Gasteiger partial charge is 0.352 e. The van der Waals surface area contributed by atoms with Gasteiger partial charge in [-0.05, 0) is 25.0 Å². The van der Waals surface area contributed by atoms with Crippen molar-refractivity contribution in [2.24, 2.45) is 5.92 Å². The van der Waals surface area contributed by atoms with Crippen molar-refractivity contribution in [1.82, 2.24) is 4.57 Å². The Bertz CT molecular complexity index is 339. The van der Waals surface area contributed by atoms with Crippen molar-refractivity contribution in [2.75, 3.05) is 13.2 Å². The highest BCUT2D eigenvalue weighted by Gasteiger charge is 2.17. The number of nitrogens with zero attached hydrogens (tertiary/aromatic N) is 1. The predicted octanol–water partition coefficient (Wildman–Crippen LogP) is 1.61. The molecule has 2 rings (SSSR count). The molecule has 0 spiro atoms. The van der Waals surface area contributed by atoms with E-state index in [1.54, 1.807) is 16.7 Å². The molecule has 1 unspecified atom stereocenters. The molecule has 0 amide bonds. The second-order valence-corrected chi connectivity index (χ2v) is 3.93. The van der Waals surface area contributed by atoms with Gasteiger partial charge in [0.05, 0.1) is 6.61 Å². The lowest BCUT2D eigenvalue weighted by Gasteiger charge is -2.22. The normalized spacial score (nSPS) is 21.5. The number of hydrogen-bond donors (Lipinski definition) is 1. The van der Waals surface area contributed by atoms with Crippen LogP contribution in [0.25, 0.3) is 0 Å². The molecule has 1 saturated heterocycles. The monoisotopic (exact) mass is 209 g/mol. The maximum atomic E-state index is 10.9. The van der Waals surface area contributed by atoms with E-state index in [4.69, 9.17) is 9.84 Å². The lowest BCUT2D eigenvalue weighted by atomic mass is 10.0. The minimum absolute atomic E-state index is 0.362. The third kappa shape index (κ3) is 2.39. The molecule has 4 heteroatoms. The highest BCUT2D eigenvalue weighted by Crippen LogP contribution is 2.17. The van der Waals surface area contributed by atoms with Crippen LogP contribution in [0.4, 0.5) is 0 Å². The molecule has 15 heavy (non-hydrogen) atoms. The molecule has 82 valence electrons. The standard InChI is InChI=1S/C11H15NO3/c13-11(14)10-4-1-5-12(10)7-9-3-2-6-15-8-9/h1,4-5,9H,2-3,6-8H2,(H,13,14). The molecule has 1 aromatic rings. The summed E-state index contributed by atoms with van der Waals surface area (Å²) in [4.78, 5) is 10.9. The Balaban J connectivity index is 2.03. The zero-order valence-corrected chi connectivity index (χ0v) is 8.56. The highest BCUT2D eigenvalue weighted by molar-refractivity contribution is 5.85. The average molecular weight is 209 g/mol. The van der Waals surface area contributed by atoms with Crippen LogP contribution >= 0.6 is 0 Å². The Hall–Kier alpha value is -1.29. The Labute approximate surface area is 88.5 Å². The maximum Gasteiger partial charge on any atom is 0.352 e. The number of hydrogen-bond acceptors (Lipinski definition) is 2. The summed E-state index contributed by atoms with van der Waals surface area (Å²) in [6.45, 7) is 2.33. The van der Waals surface area contributed by atoms with E-state index >= 15 is 0 Å². The lowest BCUT2D eigenvalue weighted by Crippen LogP contribution is -2.23. The Morgan fingerprint density at radius 2 is 2.53 bits per heavy atom. The van der Waals surface area contributed by atoms with E-state index in [1.807, 2.05) is 6.20 Å². The van der Waals surface area contributed by atoms with E-state index in [1.165, 1.54) is 0 Å². The lowest BCUT2D eigenvalue weighted by molar-refractivity contribution is 0.0471. The van der Waals surface area contributed by atoms with E-state index in [2.05, 4.69) is 0 Å². The summed E-state index contributed by atoms with van der Waals surface area (Å²) in [6, 6.07) is 3.40. The van der Waals surface area contributed by atoms with E-state index in [0.29, 0.717) is 11.6 Å². The Kier molecular flexibility index (Phi) is 3.06. The van der Waals surface area contributed by atoms with Crippen LogP contribution in [0.3, 0.4) is 0 Å². The molecule has 1 aromatic heterocycles. The van der Waals surface area contributed by atoms with Crippen molar-refractivity contribution in [3.8, 4) is 0 Å². The van der Waals surface area contributed by atoms with E-state index in [9.17, 15) is 4.79 Å². The minimum Gasteiger partial charge on any atom is -0.477 e. The number of rotatable bonds is 3. The molecule has 2 heterocycles. The second kappa shape index (κ2) is 4.49. The molecule has 1 aliphatic heterocycles. The molecule has 0 saturated carbocycles. The first-order chi connectivity index (χ1) is 7.27. The van der Waals surface area contributed by atoms with E-state index < -0.39 is 5.97 Å². The number of ether oxygens (including phenoxy) is 1. The molecule has 1 aliphatic rings. The van der Waals surface area contributed by atoms with E-state index in [-0.39, 0.29) is 0 Å². The van der Waals surface area contributed by atoms with Crippen LogP contribution in [0.15, 0.2) is 18.3 Å². The van der Waals surface area contributed by atoms with Crippen molar-refractivity contribution in [3.05, 3.63) is 24.0 Å². The number of aromatic nitrogens is 1. The van der Waals surface area contributed by atoms with Crippen molar-refractivity contribution in [1.29, 1.82) is 0 Å². The van der Waals surface area contributed by atoms with Crippen molar-refractivity contribution < 1.29 is 14.6 Å². The highest BCUT2D eigenvalue weighted by atomic mass is 16.5. The molecule has 0 radical (unpaired) electrons. The van der Waals surface area contributed by atoms with Gasteiger partial charge in [-0.15, -0.1) is 0 Å². The van der Waals surface area contributed by atoms with Crippen molar-refractivity contribution >= 4 is 5.97 Å². The fourth-order valence-electron chi connectivity index (χ4n) is 2.00. The van der Waals surface area contributed by atoms with Gasteiger partial charge in [0.25, 0.3) is 0 Å². The van der Waals surface area contributed by atoms with Crippen LogP contribution in [0.5, 0.6) is 0 Å². The van der Waals surface area contributed by atoms with Gasteiger partial charge in [0.15, 0.2) is 0 Å². The van der Waals surface area contributed by atoms with Gasteiger partial charge in [0.2, 0.25) is 0 Å². The molecule has 1 fully saturated rings. The Morgan fingerprint density at radius 3 is 3.20 bits per heavy atom. The van der Waals surface area contributed by atoms with Crippen LogP contribution in [0.1, 0.15) is 23.3 Å². The van der Waals surface area contributed by atoms with Crippen molar-refractivity contribution in [2.45, 2.75) is 19.4 Å². The van der Waals surface area contributed by atoms with Crippen LogP contribution in [-0.2, 0) is 11.3 Å². The average Bonchev–Trinajstić information content (AvgIpc) is 2.67. The fraction of sp³-hybridized carbons (Fsp3) is 0.545. The van der Waals surface area contributed by atoms with Crippen LogP contribution in [0.2, 0.25) is 0 Å². The maximum absolute atomic E-state index is 10.9. The minimum atomic E-state index is -0.864. The molecule has 1 N–H and O–H groups in total. The predicted molar refractivity (Wildman–Crippen MR) is 54.9 cm³/mol. The first-order valence-corrected chi connectivity index (χ1v) is 5.23. The molecule has 4 nitrogen and oxygen atoms in total. The number of aromatic carboxylic acids is 1. The molecular weight excluding hydrogens is 194 g/mol. The summed E-state index contributed by atoms with van der Waals surface area (Å²) in [5.41, 5.74) is 0.362. The summed E-state index contributed by atoms with van der Waals surface area (Å²) in [5, 5.41) is 8.93. The Morgan fingerprint density at radius 1 is 1.67 bits per heavy atom. The fourth-order valence-corrected chi connectivity index (χ4v) is 2.00. The third-order valence-electron chi connectivity index (χ3n) is 2.76. The summed E-state index contributed by atoms with van der Waals surface area (Å²) < 4.78 is 7.16. The number of carbonyl (C=O) groups is 1. The summed E-state index contributed by atoms with van der Waals surface area (Å²) in [6.07, 6.45) is 4.02. The van der Waals surface area contributed by atoms with Gasteiger partial charge in [-0.2, -0.15) is 0 Å². The van der Waals surface area contributed by atoms with Gasteiger partial charge in [-0.1, -0.05) is 0 Å².